The first-order valence-electron chi connectivity index (χ1n) is 6.11. The quantitative estimate of drug-likeness (QED) is 0.323. The number of carbonyl (C=O) groups excluding carboxylic acids is 1. The molecule has 1 aromatic heterocycles. The van der Waals surface area contributed by atoms with Crippen LogP contribution in [-0.2, 0) is 11.3 Å². The van der Waals surface area contributed by atoms with Gasteiger partial charge in [0.1, 0.15) is 0 Å². The summed E-state index contributed by atoms with van der Waals surface area (Å²) in [5.41, 5.74) is 2.14. The van der Waals surface area contributed by atoms with Gasteiger partial charge in [-0.1, -0.05) is 6.92 Å². The van der Waals surface area contributed by atoms with Crippen molar-refractivity contribution in [1.29, 1.82) is 0 Å². The Labute approximate surface area is 112 Å². The molecule has 0 aromatic carbocycles. The van der Waals surface area contributed by atoms with Crippen LogP contribution in [-0.4, -0.2) is 37.1 Å². The molecule has 0 unspecified atom stereocenters. The van der Waals surface area contributed by atoms with Gasteiger partial charge in [0.2, 0.25) is 0 Å². The summed E-state index contributed by atoms with van der Waals surface area (Å²) in [6.45, 7) is 8.31. The highest BCUT2D eigenvalue weighted by Crippen LogP contribution is 2.18. The fraction of sp³-hybridized carbons (Fsp3) is 0.583. The van der Waals surface area contributed by atoms with Crippen LogP contribution in [0.2, 0.25) is 0 Å². The minimum atomic E-state index is -0.233. The van der Waals surface area contributed by atoms with Gasteiger partial charge in [-0.2, -0.15) is 0 Å². The number of nitrogens with one attached hydrogen (secondary N) is 1. The molecule has 6 heteroatoms. The van der Waals surface area contributed by atoms with Crippen molar-refractivity contribution in [2.45, 2.75) is 20.4 Å². The molecule has 102 valence electrons. The van der Waals surface area contributed by atoms with Gasteiger partial charge in [0.05, 0.1) is 11.5 Å². The zero-order chi connectivity index (χ0) is 13.4. The Morgan fingerprint density at radius 2 is 2.28 bits per heavy atom. The fourth-order valence-corrected chi connectivity index (χ4v) is 2.52. The molecule has 1 rings (SSSR count). The molecule has 0 radical (unpaired) electrons. The average molecular weight is 271 g/mol. The van der Waals surface area contributed by atoms with Gasteiger partial charge in [-0.3, -0.25) is 15.1 Å². The maximum atomic E-state index is 11.3. The Morgan fingerprint density at radius 3 is 2.89 bits per heavy atom. The molecule has 3 N–H and O–H groups in total. The molecule has 0 spiro atoms. The Bertz CT molecular complexity index is 368. The second-order valence-corrected chi connectivity index (χ2v) is 4.97. The van der Waals surface area contributed by atoms with Crippen LogP contribution in [0.15, 0.2) is 12.1 Å². The molecule has 0 saturated carbocycles. The summed E-state index contributed by atoms with van der Waals surface area (Å²) in [4.78, 5) is 15.4. The number of rotatable bonds is 8. The van der Waals surface area contributed by atoms with E-state index in [1.165, 1.54) is 11.3 Å². The van der Waals surface area contributed by atoms with Crippen LogP contribution in [0.25, 0.3) is 0 Å². The van der Waals surface area contributed by atoms with E-state index in [1.807, 2.05) is 13.0 Å². The fourth-order valence-electron chi connectivity index (χ4n) is 1.56. The maximum Gasteiger partial charge on any atom is 0.275 e. The first kappa shape index (κ1) is 15.1. The number of hydrogen-bond acceptors (Lipinski definition) is 5. The highest BCUT2D eigenvalue weighted by molar-refractivity contribution is 7.14. The Kier molecular flexibility index (Phi) is 6.89. The minimum absolute atomic E-state index is 0.233. The topological polar surface area (TPSA) is 67.6 Å². The molecule has 0 saturated heterocycles. The Morgan fingerprint density at radius 1 is 1.50 bits per heavy atom. The summed E-state index contributed by atoms with van der Waals surface area (Å²) >= 11 is 1.47. The van der Waals surface area contributed by atoms with E-state index >= 15 is 0 Å². The van der Waals surface area contributed by atoms with Gasteiger partial charge in [0.25, 0.3) is 5.91 Å². The van der Waals surface area contributed by atoms with E-state index in [-0.39, 0.29) is 5.91 Å². The first-order valence-corrected chi connectivity index (χ1v) is 6.92. The van der Waals surface area contributed by atoms with Crippen molar-refractivity contribution < 1.29 is 9.53 Å². The molecule has 5 nitrogen and oxygen atoms in total. The number of likely N-dealkylation sites (N-methyl/N-ethyl adjacent to an activating group) is 1. The Balaban J connectivity index is 2.48. The second-order valence-electron chi connectivity index (χ2n) is 3.81. The van der Waals surface area contributed by atoms with Gasteiger partial charge in [-0.15, -0.1) is 11.3 Å². The largest absolute Gasteiger partial charge is 0.380 e. The van der Waals surface area contributed by atoms with E-state index in [9.17, 15) is 4.79 Å². The standard InChI is InChI=1S/C12H21N3O2S/c1-3-15(7-8-17-4-2)9-10-5-6-11(18-10)12(16)14-13/h5-6H,3-4,7-9,13H2,1-2H3,(H,14,16). The summed E-state index contributed by atoms with van der Waals surface area (Å²) in [5, 5.41) is 0. The minimum Gasteiger partial charge on any atom is -0.380 e. The smallest absolute Gasteiger partial charge is 0.275 e. The number of amides is 1. The number of nitrogen functional groups attached to an aromatic ring is 1. The van der Waals surface area contributed by atoms with Crippen LogP contribution < -0.4 is 11.3 Å². The number of nitrogens with two attached hydrogens (primary N) is 1. The SMILES string of the molecule is CCOCCN(CC)Cc1ccc(C(=O)NN)s1. The van der Waals surface area contributed by atoms with Crippen LogP contribution in [0, 0.1) is 0 Å². The molecular weight excluding hydrogens is 250 g/mol. The normalized spacial score (nSPS) is 10.9. The molecule has 1 heterocycles. The average Bonchev–Trinajstić information content (AvgIpc) is 2.85. The van der Waals surface area contributed by atoms with Crippen molar-refractivity contribution in [1.82, 2.24) is 10.3 Å². The molecule has 0 aliphatic heterocycles. The molecule has 1 amide bonds. The van der Waals surface area contributed by atoms with Gasteiger partial charge in [0.15, 0.2) is 0 Å². The van der Waals surface area contributed by atoms with Gasteiger partial charge >= 0.3 is 0 Å². The molecular formula is C12H21N3O2S. The van der Waals surface area contributed by atoms with Crippen LogP contribution in [0.4, 0.5) is 0 Å². The lowest BCUT2D eigenvalue weighted by molar-refractivity contribution is 0.0957. The van der Waals surface area contributed by atoms with E-state index in [0.29, 0.717) is 4.88 Å². The number of ether oxygens (including phenoxy) is 1. The van der Waals surface area contributed by atoms with Crippen LogP contribution >= 0.6 is 11.3 Å². The number of hydrogen-bond donors (Lipinski definition) is 2. The van der Waals surface area contributed by atoms with Crippen LogP contribution in [0.3, 0.4) is 0 Å². The number of nitrogens with zero attached hydrogens (tertiary/aromatic N) is 1. The lowest BCUT2D eigenvalue weighted by Gasteiger charge is -2.19. The predicted molar refractivity (Wildman–Crippen MR) is 73.4 cm³/mol. The molecule has 0 bridgehead atoms. The summed E-state index contributed by atoms with van der Waals surface area (Å²) in [6.07, 6.45) is 0. The van der Waals surface area contributed by atoms with Gasteiger partial charge < -0.3 is 4.74 Å². The third-order valence-electron chi connectivity index (χ3n) is 2.60. The first-order chi connectivity index (χ1) is 8.71. The highest BCUT2D eigenvalue weighted by atomic mass is 32.1. The monoisotopic (exact) mass is 271 g/mol. The molecule has 0 atom stereocenters. The summed E-state index contributed by atoms with van der Waals surface area (Å²) in [7, 11) is 0. The third-order valence-corrected chi connectivity index (χ3v) is 3.67. The highest BCUT2D eigenvalue weighted by Gasteiger charge is 2.10. The van der Waals surface area contributed by atoms with Crippen molar-refractivity contribution in [3.8, 4) is 0 Å². The Hall–Kier alpha value is -0.950. The van der Waals surface area contributed by atoms with Gasteiger partial charge in [0, 0.05) is 24.6 Å². The van der Waals surface area contributed by atoms with Gasteiger partial charge in [-0.25, -0.2) is 5.84 Å². The number of carbonyl (C=O) groups is 1. The van der Waals surface area contributed by atoms with Crippen molar-refractivity contribution in [3.05, 3.63) is 21.9 Å². The van der Waals surface area contributed by atoms with Crippen molar-refractivity contribution in [2.24, 2.45) is 5.84 Å². The maximum absolute atomic E-state index is 11.3. The van der Waals surface area contributed by atoms with E-state index in [0.717, 1.165) is 37.7 Å². The molecule has 0 aliphatic rings. The van der Waals surface area contributed by atoms with E-state index in [1.54, 1.807) is 6.07 Å². The second kappa shape index (κ2) is 8.20. The van der Waals surface area contributed by atoms with Gasteiger partial charge in [-0.05, 0) is 25.6 Å². The van der Waals surface area contributed by atoms with Crippen LogP contribution in [0.1, 0.15) is 28.4 Å². The number of thiophene rings is 1. The third kappa shape index (κ3) is 4.73. The predicted octanol–water partition coefficient (Wildman–Crippen LogP) is 1.21. The van der Waals surface area contributed by atoms with E-state index < -0.39 is 0 Å². The van der Waals surface area contributed by atoms with Crippen LogP contribution in [0.5, 0.6) is 0 Å². The summed E-state index contributed by atoms with van der Waals surface area (Å²) < 4.78 is 5.35. The van der Waals surface area contributed by atoms with E-state index in [2.05, 4.69) is 17.2 Å². The zero-order valence-electron chi connectivity index (χ0n) is 10.9. The van der Waals surface area contributed by atoms with Crippen molar-refractivity contribution in [2.75, 3.05) is 26.3 Å². The summed E-state index contributed by atoms with van der Waals surface area (Å²) in [6, 6.07) is 3.77. The summed E-state index contributed by atoms with van der Waals surface area (Å²) in [5.74, 6) is 4.87. The van der Waals surface area contributed by atoms with Crippen molar-refractivity contribution in [3.63, 3.8) is 0 Å². The van der Waals surface area contributed by atoms with Crippen molar-refractivity contribution >= 4 is 17.2 Å². The lowest BCUT2D eigenvalue weighted by Crippen LogP contribution is -2.29. The number of hydrazine groups is 1. The molecule has 0 aliphatic carbocycles. The zero-order valence-corrected chi connectivity index (χ0v) is 11.8. The molecule has 18 heavy (non-hydrogen) atoms. The lowest BCUT2D eigenvalue weighted by atomic mass is 10.4. The molecule has 0 fully saturated rings. The molecule has 1 aromatic rings. The van der Waals surface area contributed by atoms with E-state index in [4.69, 9.17) is 10.6 Å².